The van der Waals surface area contributed by atoms with Crippen LogP contribution in [-0.2, 0) is 17.6 Å². The van der Waals surface area contributed by atoms with Crippen LogP contribution in [0.5, 0.6) is 0 Å². The summed E-state index contributed by atoms with van der Waals surface area (Å²) in [4.78, 5) is 26.2. The molecule has 3 atom stereocenters. The van der Waals surface area contributed by atoms with Gasteiger partial charge in [-0.05, 0) is 56.9 Å². The number of carbonyl (C=O) groups excluding carboxylic acids is 1. The molecule has 0 bridgehead atoms. The van der Waals surface area contributed by atoms with Crippen LogP contribution in [0.25, 0.3) is 10.2 Å². The number of nitrogens with one attached hydrogen (secondary N) is 1. The van der Waals surface area contributed by atoms with Crippen molar-refractivity contribution in [2.75, 3.05) is 30.8 Å². The molecular formula is C25H31N5O2S. The van der Waals surface area contributed by atoms with Gasteiger partial charge in [0.1, 0.15) is 15.5 Å². The maximum atomic E-state index is 13.0. The number of ether oxygens (including phenoxy) is 1. The summed E-state index contributed by atoms with van der Waals surface area (Å²) in [6.07, 6.45) is 2.49. The number of carbonyl (C=O) groups is 1. The van der Waals surface area contributed by atoms with E-state index in [4.69, 9.17) is 15.5 Å². The Kier molecular flexibility index (Phi) is 5.53. The van der Waals surface area contributed by atoms with Crippen LogP contribution in [-0.4, -0.2) is 47.7 Å². The van der Waals surface area contributed by atoms with Gasteiger partial charge in [-0.1, -0.05) is 13.0 Å². The van der Waals surface area contributed by atoms with Crippen LogP contribution >= 0.6 is 11.3 Å². The fourth-order valence-corrected chi connectivity index (χ4v) is 6.01. The number of aromatic nitrogens is 2. The molecule has 0 radical (unpaired) electrons. The van der Waals surface area contributed by atoms with E-state index in [9.17, 15) is 4.79 Å². The Labute approximate surface area is 198 Å². The van der Waals surface area contributed by atoms with Crippen LogP contribution in [0.3, 0.4) is 0 Å². The SMILES string of the molecule is CO[C@]1(C)CN(c2ccc3c(n2)CC[C@H](NC(=O)c2sc4nc(C)ccc4c2N)C3)C[C@H]1C. The topological polar surface area (TPSA) is 93.4 Å². The number of hydrogen-bond acceptors (Lipinski definition) is 7. The predicted octanol–water partition coefficient (Wildman–Crippen LogP) is 3.73. The fraction of sp³-hybridized carbons (Fsp3) is 0.480. The highest BCUT2D eigenvalue weighted by Crippen LogP contribution is 2.35. The van der Waals surface area contributed by atoms with E-state index in [0.717, 1.165) is 59.8 Å². The minimum Gasteiger partial charge on any atom is -0.397 e. The van der Waals surface area contributed by atoms with Gasteiger partial charge in [-0.25, -0.2) is 9.97 Å². The van der Waals surface area contributed by atoms with Crippen molar-refractivity contribution in [1.82, 2.24) is 15.3 Å². The Balaban J connectivity index is 1.28. The van der Waals surface area contributed by atoms with E-state index in [2.05, 4.69) is 41.2 Å². The number of nitrogen functional groups attached to an aromatic ring is 1. The van der Waals surface area contributed by atoms with Crippen LogP contribution in [0.2, 0.25) is 0 Å². The molecule has 3 aromatic heterocycles. The van der Waals surface area contributed by atoms with Gasteiger partial charge in [0, 0.05) is 48.9 Å². The van der Waals surface area contributed by atoms with Crippen LogP contribution in [0.4, 0.5) is 11.5 Å². The second kappa shape index (κ2) is 8.25. The highest BCUT2D eigenvalue weighted by Gasteiger charge is 2.41. The van der Waals surface area contributed by atoms with Crippen LogP contribution in [0.15, 0.2) is 24.3 Å². The summed E-state index contributed by atoms with van der Waals surface area (Å²) in [5.74, 6) is 1.35. The Morgan fingerprint density at radius 3 is 2.88 bits per heavy atom. The molecule has 8 heteroatoms. The van der Waals surface area contributed by atoms with Gasteiger partial charge in [0.05, 0.1) is 11.3 Å². The molecule has 0 saturated carbocycles. The Bertz CT molecular complexity index is 1220. The van der Waals surface area contributed by atoms with Gasteiger partial charge >= 0.3 is 0 Å². The molecule has 0 unspecified atom stereocenters. The zero-order chi connectivity index (χ0) is 23.3. The molecule has 1 fully saturated rings. The number of hydrogen-bond donors (Lipinski definition) is 2. The number of amides is 1. The van der Waals surface area contributed by atoms with Gasteiger partial charge in [-0.2, -0.15) is 0 Å². The highest BCUT2D eigenvalue weighted by atomic mass is 32.1. The lowest BCUT2D eigenvalue weighted by Gasteiger charge is -2.28. The molecule has 3 N–H and O–H groups in total. The average molecular weight is 466 g/mol. The molecule has 2 aliphatic rings. The van der Waals surface area contributed by atoms with Crippen molar-refractivity contribution < 1.29 is 9.53 Å². The number of nitrogens with zero attached hydrogens (tertiary/aromatic N) is 3. The van der Waals surface area contributed by atoms with Gasteiger partial charge in [0.15, 0.2) is 0 Å². The van der Waals surface area contributed by atoms with Crippen molar-refractivity contribution in [3.8, 4) is 0 Å². The second-order valence-corrected chi connectivity index (χ2v) is 10.6. The zero-order valence-corrected chi connectivity index (χ0v) is 20.5. The normalized spacial score (nSPS) is 24.8. The van der Waals surface area contributed by atoms with Gasteiger partial charge < -0.3 is 20.7 Å². The standard InChI is InChI=1S/C25H31N5O2S/c1-14-12-30(13-25(14,3)32-4)20-10-6-16-11-17(7-9-19(16)29-20)28-23(31)22-21(26)18-8-5-15(2)27-24(18)33-22/h5-6,8,10,14,17H,7,9,11-13,26H2,1-4H3,(H,28,31)/t14-,17+,25-/m1/s1. The minimum atomic E-state index is -0.143. The van der Waals surface area contributed by atoms with E-state index < -0.39 is 0 Å². The third-order valence-electron chi connectivity index (χ3n) is 7.36. The first kappa shape index (κ1) is 22.1. The smallest absolute Gasteiger partial charge is 0.263 e. The van der Waals surface area contributed by atoms with E-state index in [-0.39, 0.29) is 17.6 Å². The first-order valence-corrected chi connectivity index (χ1v) is 12.3. The summed E-state index contributed by atoms with van der Waals surface area (Å²) in [5.41, 5.74) is 9.91. The summed E-state index contributed by atoms with van der Waals surface area (Å²) in [6, 6.07) is 8.21. The third kappa shape index (κ3) is 3.95. The molecule has 7 nitrogen and oxygen atoms in total. The summed E-state index contributed by atoms with van der Waals surface area (Å²) >= 11 is 1.36. The van der Waals surface area contributed by atoms with Crippen molar-refractivity contribution in [1.29, 1.82) is 0 Å². The Morgan fingerprint density at radius 1 is 1.30 bits per heavy atom. The van der Waals surface area contributed by atoms with Crippen molar-refractivity contribution in [2.24, 2.45) is 5.92 Å². The molecule has 1 amide bonds. The van der Waals surface area contributed by atoms with Gasteiger partial charge in [0.25, 0.3) is 5.91 Å². The van der Waals surface area contributed by atoms with Crippen LogP contribution < -0.4 is 16.0 Å². The predicted molar refractivity (Wildman–Crippen MR) is 133 cm³/mol. The Hall–Kier alpha value is -2.71. The van der Waals surface area contributed by atoms with Crippen molar-refractivity contribution in [3.05, 3.63) is 46.1 Å². The number of aryl methyl sites for hydroxylation is 2. The molecule has 1 aliphatic heterocycles. The summed E-state index contributed by atoms with van der Waals surface area (Å²) in [7, 11) is 1.79. The monoisotopic (exact) mass is 465 g/mol. The lowest BCUT2D eigenvalue weighted by molar-refractivity contribution is -0.00622. The maximum absolute atomic E-state index is 13.0. The zero-order valence-electron chi connectivity index (χ0n) is 19.6. The molecule has 0 spiro atoms. The number of nitrogens with two attached hydrogens (primary N) is 1. The fourth-order valence-electron chi connectivity index (χ4n) is 4.97. The van der Waals surface area contributed by atoms with Gasteiger partial charge in [-0.3, -0.25) is 4.79 Å². The lowest BCUT2D eigenvalue weighted by atomic mass is 9.91. The van der Waals surface area contributed by atoms with Gasteiger partial charge in [-0.15, -0.1) is 11.3 Å². The first-order chi connectivity index (χ1) is 15.8. The molecule has 1 aliphatic carbocycles. The van der Waals surface area contributed by atoms with E-state index in [0.29, 0.717) is 16.5 Å². The Morgan fingerprint density at radius 2 is 2.12 bits per heavy atom. The number of methoxy groups -OCH3 is 1. The number of anilines is 2. The molecule has 1 saturated heterocycles. The first-order valence-electron chi connectivity index (χ1n) is 11.5. The molecule has 0 aromatic carbocycles. The molecular weight excluding hydrogens is 434 g/mol. The quantitative estimate of drug-likeness (QED) is 0.610. The molecule has 174 valence electrons. The van der Waals surface area contributed by atoms with E-state index in [1.54, 1.807) is 7.11 Å². The molecule has 33 heavy (non-hydrogen) atoms. The van der Waals surface area contributed by atoms with Gasteiger partial charge in [0.2, 0.25) is 0 Å². The van der Waals surface area contributed by atoms with Crippen LogP contribution in [0.1, 0.15) is 46.9 Å². The average Bonchev–Trinajstić information content (AvgIpc) is 3.29. The van der Waals surface area contributed by atoms with E-state index in [1.165, 1.54) is 16.9 Å². The molecule has 5 rings (SSSR count). The van der Waals surface area contributed by atoms with E-state index in [1.807, 2.05) is 19.1 Å². The summed E-state index contributed by atoms with van der Waals surface area (Å²) < 4.78 is 5.77. The number of thiophene rings is 1. The molecule has 3 aromatic rings. The van der Waals surface area contributed by atoms with E-state index >= 15 is 0 Å². The molecule has 4 heterocycles. The third-order valence-corrected chi connectivity index (χ3v) is 8.47. The minimum absolute atomic E-state index is 0.0700. The number of fused-ring (bicyclic) bond motifs is 2. The summed E-state index contributed by atoms with van der Waals surface area (Å²) in [5, 5.41) is 4.04. The van der Waals surface area contributed by atoms with Crippen molar-refractivity contribution >= 4 is 39.0 Å². The second-order valence-electron chi connectivity index (χ2n) is 9.64. The highest BCUT2D eigenvalue weighted by molar-refractivity contribution is 7.21. The van der Waals surface area contributed by atoms with Crippen molar-refractivity contribution in [3.63, 3.8) is 0 Å². The lowest BCUT2D eigenvalue weighted by Crippen LogP contribution is -2.39. The van der Waals surface area contributed by atoms with Crippen molar-refractivity contribution in [2.45, 2.75) is 51.7 Å². The largest absolute Gasteiger partial charge is 0.397 e. The number of rotatable bonds is 4. The summed E-state index contributed by atoms with van der Waals surface area (Å²) in [6.45, 7) is 8.13. The van der Waals surface area contributed by atoms with Crippen LogP contribution in [0, 0.1) is 12.8 Å². The number of pyridine rings is 2. The maximum Gasteiger partial charge on any atom is 0.263 e.